The standard InChI is InChI=1S/C29H37ClN8O4S/c1-20(39)36-11-9-22(10-12-36)37-13-15-38(16-14-37)23-7-8-26(27(17-23)42-2)34-29-32-18-24(30)28(35-29)33-25-6-4-3-5-21(25)19-43(31,40)41/h3-8,17-18,22H,9-16,19H2,1-2H3,(H2,31,40,41)(H2,32,33,34,35). The highest BCUT2D eigenvalue weighted by atomic mass is 35.5. The predicted molar refractivity (Wildman–Crippen MR) is 169 cm³/mol. The molecule has 2 saturated heterocycles. The lowest BCUT2D eigenvalue weighted by Crippen LogP contribution is -2.53. The summed E-state index contributed by atoms with van der Waals surface area (Å²) in [7, 11) is -2.11. The van der Waals surface area contributed by atoms with Gasteiger partial charge >= 0.3 is 0 Å². The molecule has 0 radical (unpaired) electrons. The normalized spacial score (nSPS) is 16.7. The number of halogens is 1. The van der Waals surface area contributed by atoms with Crippen molar-refractivity contribution < 1.29 is 17.9 Å². The molecule has 2 aliphatic rings. The Morgan fingerprint density at radius 3 is 2.44 bits per heavy atom. The Kier molecular flexibility index (Phi) is 9.55. The number of hydrogen-bond donors (Lipinski definition) is 3. The average Bonchev–Trinajstić information content (AvgIpc) is 2.99. The number of nitrogens with one attached hydrogen (secondary N) is 2. The number of para-hydroxylation sites is 1. The molecule has 43 heavy (non-hydrogen) atoms. The first-order valence-electron chi connectivity index (χ1n) is 14.2. The van der Waals surface area contributed by atoms with Crippen LogP contribution in [0, 0.1) is 0 Å². The average molecular weight is 629 g/mol. The third-order valence-corrected chi connectivity index (χ3v) is 8.90. The van der Waals surface area contributed by atoms with Crippen LogP contribution in [0.15, 0.2) is 48.7 Å². The van der Waals surface area contributed by atoms with E-state index in [4.69, 9.17) is 21.5 Å². The second kappa shape index (κ2) is 13.3. The minimum atomic E-state index is -3.73. The number of piperidine rings is 1. The predicted octanol–water partition coefficient (Wildman–Crippen LogP) is 3.55. The van der Waals surface area contributed by atoms with Crippen molar-refractivity contribution in [2.75, 3.05) is 61.9 Å². The number of amides is 1. The molecule has 230 valence electrons. The molecule has 2 aliphatic heterocycles. The smallest absolute Gasteiger partial charge is 0.229 e. The maximum Gasteiger partial charge on any atom is 0.229 e. The number of nitrogens with two attached hydrogens (primary N) is 1. The Hall–Kier alpha value is -3.65. The molecule has 0 atom stereocenters. The van der Waals surface area contributed by atoms with Gasteiger partial charge in [0.2, 0.25) is 21.9 Å². The van der Waals surface area contributed by atoms with Crippen molar-refractivity contribution in [1.82, 2.24) is 19.8 Å². The van der Waals surface area contributed by atoms with Crippen LogP contribution in [-0.4, -0.2) is 86.5 Å². The fourth-order valence-corrected chi connectivity index (χ4v) is 6.44. The van der Waals surface area contributed by atoms with Crippen LogP contribution >= 0.6 is 11.6 Å². The number of sulfonamides is 1. The summed E-state index contributed by atoms with van der Waals surface area (Å²) in [5.74, 6) is 1.07. The number of nitrogens with zero attached hydrogens (tertiary/aromatic N) is 5. The maximum atomic E-state index is 11.7. The van der Waals surface area contributed by atoms with Crippen LogP contribution in [-0.2, 0) is 20.6 Å². The third kappa shape index (κ3) is 7.85. The molecule has 1 aromatic heterocycles. The number of rotatable bonds is 9. The van der Waals surface area contributed by atoms with Crippen molar-refractivity contribution in [3.8, 4) is 5.75 Å². The van der Waals surface area contributed by atoms with Crippen molar-refractivity contribution in [2.45, 2.75) is 31.6 Å². The van der Waals surface area contributed by atoms with E-state index in [2.05, 4.69) is 30.4 Å². The van der Waals surface area contributed by atoms with Gasteiger partial charge in [-0.25, -0.2) is 18.5 Å². The first-order valence-corrected chi connectivity index (χ1v) is 16.3. The molecule has 3 aromatic rings. The van der Waals surface area contributed by atoms with E-state index in [1.165, 1.54) is 6.20 Å². The first-order chi connectivity index (χ1) is 20.6. The highest BCUT2D eigenvalue weighted by Gasteiger charge is 2.28. The molecule has 2 fully saturated rings. The quantitative estimate of drug-likeness (QED) is 0.321. The zero-order valence-electron chi connectivity index (χ0n) is 24.3. The van der Waals surface area contributed by atoms with Gasteiger partial charge in [-0.05, 0) is 36.6 Å². The van der Waals surface area contributed by atoms with E-state index in [-0.39, 0.29) is 22.6 Å². The second-order valence-electron chi connectivity index (χ2n) is 10.7. The molecule has 3 heterocycles. The van der Waals surface area contributed by atoms with Gasteiger partial charge in [-0.1, -0.05) is 29.8 Å². The number of hydrogen-bond acceptors (Lipinski definition) is 10. The minimum absolute atomic E-state index is 0.165. The summed E-state index contributed by atoms with van der Waals surface area (Å²) >= 11 is 6.37. The molecule has 0 spiro atoms. The van der Waals surface area contributed by atoms with Crippen LogP contribution in [0.2, 0.25) is 5.02 Å². The molecule has 12 nitrogen and oxygen atoms in total. The number of carbonyl (C=O) groups excluding carboxylic acids is 1. The summed E-state index contributed by atoms with van der Waals surface area (Å²) in [6.07, 6.45) is 3.52. The van der Waals surface area contributed by atoms with Gasteiger partial charge in [0.25, 0.3) is 0 Å². The zero-order valence-corrected chi connectivity index (χ0v) is 25.9. The van der Waals surface area contributed by atoms with Crippen molar-refractivity contribution in [1.29, 1.82) is 0 Å². The van der Waals surface area contributed by atoms with Crippen molar-refractivity contribution >= 4 is 56.4 Å². The van der Waals surface area contributed by atoms with Gasteiger partial charge in [0.15, 0.2) is 5.82 Å². The van der Waals surface area contributed by atoms with E-state index in [1.54, 1.807) is 38.3 Å². The summed E-state index contributed by atoms with van der Waals surface area (Å²) in [6, 6.07) is 13.4. The fraction of sp³-hybridized carbons (Fsp3) is 0.414. The molecule has 2 aromatic carbocycles. The molecule has 0 bridgehead atoms. The van der Waals surface area contributed by atoms with Gasteiger partial charge in [-0.15, -0.1) is 0 Å². The molecular formula is C29H37ClN8O4S. The van der Waals surface area contributed by atoms with Gasteiger partial charge in [0.05, 0.1) is 24.7 Å². The van der Waals surface area contributed by atoms with Crippen molar-refractivity contribution in [3.63, 3.8) is 0 Å². The van der Waals surface area contributed by atoms with Crippen LogP contribution in [0.3, 0.4) is 0 Å². The van der Waals surface area contributed by atoms with Crippen molar-refractivity contribution in [2.24, 2.45) is 5.14 Å². The molecule has 14 heteroatoms. The lowest BCUT2D eigenvalue weighted by Gasteiger charge is -2.43. The number of aromatic nitrogens is 2. The van der Waals surface area contributed by atoms with E-state index in [9.17, 15) is 13.2 Å². The number of methoxy groups -OCH3 is 1. The molecule has 5 rings (SSSR count). The summed E-state index contributed by atoms with van der Waals surface area (Å²) in [6.45, 7) is 7.09. The van der Waals surface area contributed by atoms with E-state index >= 15 is 0 Å². The van der Waals surface area contributed by atoms with Gasteiger partial charge in [-0.2, -0.15) is 4.98 Å². The Morgan fingerprint density at radius 1 is 1.05 bits per heavy atom. The maximum absolute atomic E-state index is 11.7. The van der Waals surface area contributed by atoms with Gasteiger partial charge in [0, 0.05) is 69.7 Å². The SMILES string of the molecule is COc1cc(N2CCN(C3CCN(C(C)=O)CC3)CC2)ccc1Nc1ncc(Cl)c(Nc2ccccc2CS(N)(=O)=O)n1. The highest BCUT2D eigenvalue weighted by molar-refractivity contribution is 7.88. The number of anilines is 5. The number of ether oxygens (including phenoxy) is 1. The molecule has 0 saturated carbocycles. The monoisotopic (exact) mass is 628 g/mol. The topological polar surface area (TPSA) is 146 Å². The van der Waals surface area contributed by atoms with Crippen LogP contribution in [0.25, 0.3) is 0 Å². The Labute approximate surface area is 257 Å². The Balaban J connectivity index is 1.24. The largest absolute Gasteiger partial charge is 0.494 e. The molecule has 4 N–H and O–H groups in total. The lowest BCUT2D eigenvalue weighted by molar-refractivity contribution is -0.130. The Morgan fingerprint density at radius 2 is 1.77 bits per heavy atom. The molecule has 1 amide bonds. The van der Waals surface area contributed by atoms with Gasteiger partial charge in [0.1, 0.15) is 10.8 Å². The number of carbonyl (C=O) groups is 1. The number of piperazine rings is 1. The van der Waals surface area contributed by atoms with E-state index in [0.717, 1.165) is 57.8 Å². The second-order valence-corrected chi connectivity index (χ2v) is 12.8. The number of benzene rings is 2. The molecule has 0 aliphatic carbocycles. The fourth-order valence-electron chi connectivity index (χ4n) is 5.62. The summed E-state index contributed by atoms with van der Waals surface area (Å²) in [5.41, 5.74) is 2.77. The molecular weight excluding hydrogens is 592 g/mol. The first kappa shape index (κ1) is 30.8. The number of likely N-dealkylation sites (tertiary alicyclic amines) is 1. The minimum Gasteiger partial charge on any atom is -0.494 e. The van der Waals surface area contributed by atoms with E-state index in [1.807, 2.05) is 23.1 Å². The molecule has 0 unspecified atom stereocenters. The van der Waals surface area contributed by atoms with Crippen molar-refractivity contribution in [3.05, 3.63) is 59.2 Å². The van der Waals surface area contributed by atoms with Crippen LogP contribution in [0.1, 0.15) is 25.3 Å². The lowest BCUT2D eigenvalue weighted by atomic mass is 10.0. The third-order valence-electron chi connectivity index (χ3n) is 7.91. The van der Waals surface area contributed by atoms with Gasteiger partial charge < -0.3 is 25.2 Å². The van der Waals surface area contributed by atoms with Crippen LogP contribution in [0.4, 0.5) is 28.8 Å². The van der Waals surface area contributed by atoms with Crippen LogP contribution in [0.5, 0.6) is 5.75 Å². The summed E-state index contributed by atoms with van der Waals surface area (Å²) in [5, 5.41) is 11.8. The summed E-state index contributed by atoms with van der Waals surface area (Å²) < 4.78 is 29.1. The van der Waals surface area contributed by atoms with E-state index in [0.29, 0.717) is 34.5 Å². The van der Waals surface area contributed by atoms with Crippen LogP contribution < -0.4 is 25.4 Å². The summed E-state index contributed by atoms with van der Waals surface area (Å²) in [4.78, 5) is 27.3. The van der Waals surface area contributed by atoms with Gasteiger partial charge in [-0.3, -0.25) is 9.69 Å². The highest BCUT2D eigenvalue weighted by Crippen LogP contribution is 2.33. The Bertz CT molecular complexity index is 1560. The van der Waals surface area contributed by atoms with E-state index < -0.39 is 10.0 Å². The zero-order chi connectivity index (χ0) is 30.6. The number of primary sulfonamides is 1.